The summed E-state index contributed by atoms with van der Waals surface area (Å²) in [5.41, 5.74) is 1.22. The van der Waals surface area contributed by atoms with E-state index < -0.39 is 0 Å². The highest BCUT2D eigenvalue weighted by molar-refractivity contribution is 5.11. The number of nitrogens with zero attached hydrogens (tertiary/aromatic N) is 4. The Balaban J connectivity index is 1.74. The standard InChI is InChI=1S/C17H29N5/c1-15-13-18-7-8-22(15)17(16-5-3-4-6-19-16)14-21-11-9-20(2)10-12-21/h3-6,15,17-18H,7-14H2,1-2H3. The Bertz CT molecular complexity index is 444. The van der Waals surface area contributed by atoms with Crippen molar-refractivity contribution < 1.29 is 0 Å². The molecule has 0 spiro atoms. The summed E-state index contributed by atoms with van der Waals surface area (Å²) < 4.78 is 0. The highest BCUT2D eigenvalue weighted by Gasteiger charge is 2.30. The highest BCUT2D eigenvalue weighted by atomic mass is 15.3. The zero-order chi connectivity index (χ0) is 15.4. The molecule has 3 rings (SSSR count). The SMILES string of the molecule is CC1CNCCN1C(CN1CCN(C)CC1)c1ccccn1. The molecule has 2 aliphatic heterocycles. The molecule has 0 aromatic carbocycles. The molecule has 0 radical (unpaired) electrons. The zero-order valence-electron chi connectivity index (χ0n) is 13.9. The van der Waals surface area contributed by atoms with E-state index in [9.17, 15) is 0 Å². The predicted octanol–water partition coefficient (Wildman–Crippen LogP) is 0.664. The maximum atomic E-state index is 4.67. The van der Waals surface area contributed by atoms with Gasteiger partial charge in [0.25, 0.3) is 0 Å². The molecule has 0 amide bonds. The minimum absolute atomic E-state index is 0.404. The third-order valence-electron chi connectivity index (χ3n) is 5.01. The average Bonchev–Trinajstić information content (AvgIpc) is 2.56. The number of aromatic nitrogens is 1. The minimum atomic E-state index is 0.404. The molecule has 2 aliphatic rings. The van der Waals surface area contributed by atoms with Crippen LogP contribution in [0.2, 0.25) is 0 Å². The van der Waals surface area contributed by atoms with Crippen molar-refractivity contribution in [1.29, 1.82) is 0 Å². The number of rotatable bonds is 4. The summed E-state index contributed by atoms with van der Waals surface area (Å²) >= 11 is 0. The van der Waals surface area contributed by atoms with Gasteiger partial charge in [-0.15, -0.1) is 0 Å². The van der Waals surface area contributed by atoms with Crippen LogP contribution in [0, 0.1) is 0 Å². The van der Waals surface area contributed by atoms with Gasteiger partial charge < -0.3 is 10.2 Å². The van der Waals surface area contributed by atoms with Crippen molar-refractivity contribution in [3.05, 3.63) is 30.1 Å². The molecule has 1 aromatic heterocycles. The monoisotopic (exact) mass is 303 g/mol. The molecule has 1 aromatic rings. The Morgan fingerprint density at radius 3 is 2.73 bits per heavy atom. The van der Waals surface area contributed by atoms with Crippen molar-refractivity contribution in [3.63, 3.8) is 0 Å². The minimum Gasteiger partial charge on any atom is -0.314 e. The van der Waals surface area contributed by atoms with Crippen LogP contribution < -0.4 is 5.32 Å². The van der Waals surface area contributed by atoms with Gasteiger partial charge in [-0.05, 0) is 26.1 Å². The molecule has 2 fully saturated rings. The van der Waals surface area contributed by atoms with Gasteiger partial charge in [0.1, 0.15) is 0 Å². The zero-order valence-corrected chi connectivity index (χ0v) is 13.9. The van der Waals surface area contributed by atoms with Crippen LogP contribution in [0.25, 0.3) is 0 Å². The van der Waals surface area contributed by atoms with Gasteiger partial charge in [0, 0.05) is 64.6 Å². The molecule has 122 valence electrons. The van der Waals surface area contributed by atoms with E-state index in [0.29, 0.717) is 12.1 Å². The van der Waals surface area contributed by atoms with E-state index in [4.69, 9.17) is 0 Å². The lowest BCUT2D eigenvalue weighted by molar-refractivity contribution is 0.0643. The maximum Gasteiger partial charge on any atom is 0.0652 e. The smallest absolute Gasteiger partial charge is 0.0652 e. The fourth-order valence-electron chi connectivity index (χ4n) is 3.54. The van der Waals surface area contributed by atoms with Crippen LogP contribution in [0.1, 0.15) is 18.7 Å². The number of piperazine rings is 2. The van der Waals surface area contributed by atoms with Gasteiger partial charge >= 0.3 is 0 Å². The summed E-state index contributed by atoms with van der Waals surface area (Å²) in [6.07, 6.45) is 1.93. The van der Waals surface area contributed by atoms with Crippen LogP contribution in [0.3, 0.4) is 0 Å². The number of hydrogen-bond donors (Lipinski definition) is 1. The fraction of sp³-hybridized carbons (Fsp3) is 0.706. The molecule has 2 saturated heterocycles. The first-order valence-electron chi connectivity index (χ1n) is 8.52. The second kappa shape index (κ2) is 7.51. The quantitative estimate of drug-likeness (QED) is 0.884. The van der Waals surface area contributed by atoms with Gasteiger partial charge in [0.15, 0.2) is 0 Å². The summed E-state index contributed by atoms with van der Waals surface area (Å²) in [4.78, 5) is 12.3. The van der Waals surface area contributed by atoms with Gasteiger partial charge in [-0.25, -0.2) is 0 Å². The van der Waals surface area contributed by atoms with Crippen LogP contribution in [0.4, 0.5) is 0 Å². The first-order chi connectivity index (χ1) is 10.7. The molecule has 0 aliphatic carbocycles. The van der Waals surface area contributed by atoms with E-state index in [0.717, 1.165) is 26.2 Å². The van der Waals surface area contributed by atoms with Crippen molar-refractivity contribution in [1.82, 2.24) is 25.0 Å². The van der Waals surface area contributed by atoms with Gasteiger partial charge in [0.05, 0.1) is 11.7 Å². The van der Waals surface area contributed by atoms with Gasteiger partial charge in [-0.3, -0.25) is 14.8 Å². The maximum absolute atomic E-state index is 4.67. The summed E-state index contributed by atoms with van der Waals surface area (Å²) in [6, 6.07) is 7.29. The molecule has 1 N–H and O–H groups in total. The van der Waals surface area contributed by atoms with Crippen LogP contribution in [0.15, 0.2) is 24.4 Å². The van der Waals surface area contributed by atoms with E-state index in [1.54, 1.807) is 0 Å². The van der Waals surface area contributed by atoms with Crippen LogP contribution in [-0.2, 0) is 0 Å². The molecule has 3 heterocycles. The van der Waals surface area contributed by atoms with Crippen molar-refractivity contribution in [2.75, 3.05) is 59.4 Å². The lowest BCUT2D eigenvalue weighted by Crippen LogP contribution is -2.54. The summed E-state index contributed by atoms with van der Waals surface area (Å²) in [5.74, 6) is 0. The van der Waals surface area contributed by atoms with E-state index in [1.165, 1.54) is 31.9 Å². The van der Waals surface area contributed by atoms with E-state index in [1.807, 2.05) is 12.3 Å². The lowest BCUT2D eigenvalue weighted by Gasteiger charge is -2.43. The lowest BCUT2D eigenvalue weighted by atomic mass is 10.1. The Labute approximate surface area is 134 Å². The third kappa shape index (κ3) is 3.84. The molecular weight excluding hydrogens is 274 g/mol. The molecule has 5 nitrogen and oxygen atoms in total. The number of likely N-dealkylation sites (N-methyl/N-ethyl adjacent to an activating group) is 1. The van der Waals surface area contributed by atoms with Crippen LogP contribution >= 0.6 is 0 Å². The first-order valence-corrected chi connectivity index (χ1v) is 8.52. The molecule has 22 heavy (non-hydrogen) atoms. The second-order valence-corrected chi connectivity index (χ2v) is 6.67. The predicted molar refractivity (Wildman–Crippen MR) is 90.0 cm³/mol. The highest BCUT2D eigenvalue weighted by Crippen LogP contribution is 2.24. The van der Waals surface area contributed by atoms with Crippen LogP contribution in [-0.4, -0.2) is 85.1 Å². The van der Waals surface area contributed by atoms with Gasteiger partial charge in [0.2, 0.25) is 0 Å². The Kier molecular flexibility index (Phi) is 5.41. The summed E-state index contributed by atoms with van der Waals surface area (Å²) in [6.45, 7) is 11.4. The number of nitrogens with one attached hydrogen (secondary N) is 1. The van der Waals surface area contributed by atoms with Gasteiger partial charge in [-0.2, -0.15) is 0 Å². The average molecular weight is 303 g/mol. The topological polar surface area (TPSA) is 34.6 Å². The molecular formula is C17H29N5. The van der Waals surface area contributed by atoms with Gasteiger partial charge in [-0.1, -0.05) is 6.07 Å². The van der Waals surface area contributed by atoms with Crippen molar-refractivity contribution in [3.8, 4) is 0 Å². The van der Waals surface area contributed by atoms with Crippen molar-refractivity contribution in [2.45, 2.75) is 19.0 Å². The molecule has 0 saturated carbocycles. The van der Waals surface area contributed by atoms with Crippen molar-refractivity contribution in [2.24, 2.45) is 0 Å². The van der Waals surface area contributed by atoms with E-state index in [-0.39, 0.29) is 0 Å². The first kappa shape index (κ1) is 15.9. The second-order valence-electron chi connectivity index (χ2n) is 6.67. The fourth-order valence-corrected chi connectivity index (χ4v) is 3.54. The van der Waals surface area contributed by atoms with Crippen LogP contribution in [0.5, 0.6) is 0 Å². The van der Waals surface area contributed by atoms with E-state index in [2.05, 4.69) is 51.1 Å². The molecule has 5 heteroatoms. The summed E-state index contributed by atoms with van der Waals surface area (Å²) in [5, 5.41) is 3.50. The summed E-state index contributed by atoms with van der Waals surface area (Å²) in [7, 11) is 2.21. The normalized spacial score (nSPS) is 26.9. The van der Waals surface area contributed by atoms with Crippen molar-refractivity contribution >= 4 is 0 Å². The molecule has 2 unspecified atom stereocenters. The Morgan fingerprint density at radius 1 is 1.23 bits per heavy atom. The number of pyridine rings is 1. The Morgan fingerprint density at radius 2 is 2.05 bits per heavy atom. The molecule has 0 bridgehead atoms. The Hall–Kier alpha value is -1.01. The molecule has 2 atom stereocenters. The van der Waals surface area contributed by atoms with E-state index >= 15 is 0 Å². The number of hydrogen-bond acceptors (Lipinski definition) is 5. The third-order valence-corrected chi connectivity index (χ3v) is 5.01. The largest absolute Gasteiger partial charge is 0.314 e.